The smallest absolute Gasteiger partial charge is 0.167 e. The lowest BCUT2D eigenvalue weighted by atomic mass is 10.0. The summed E-state index contributed by atoms with van der Waals surface area (Å²) in [5, 5.41) is 10.3. The topological polar surface area (TPSA) is 68.1 Å². The van der Waals surface area contributed by atoms with Crippen LogP contribution in [-0.2, 0) is 0 Å². The first-order chi connectivity index (χ1) is 13.7. The highest BCUT2D eigenvalue weighted by molar-refractivity contribution is 5.69. The van der Waals surface area contributed by atoms with Gasteiger partial charge >= 0.3 is 0 Å². The highest BCUT2D eigenvalue weighted by Gasteiger charge is 2.11. The minimum absolute atomic E-state index is 0.0718. The second-order valence-electron chi connectivity index (χ2n) is 6.19. The molecule has 0 aliphatic carbocycles. The van der Waals surface area contributed by atoms with E-state index in [9.17, 15) is 5.11 Å². The summed E-state index contributed by atoms with van der Waals surface area (Å²) in [5.41, 5.74) is 3.70. The molecule has 4 aromatic rings. The first-order valence-electron chi connectivity index (χ1n) is 9.05. The summed E-state index contributed by atoms with van der Waals surface area (Å²) in [6.07, 6.45) is 1.46. The van der Waals surface area contributed by atoms with Gasteiger partial charge < -0.3 is 9.84 Å². The molecule has 0 aliphatic rings. The van der Waals surface area contributed by atoms with Crippen molar-refractivity contribution in [2.45, 2.75) is 6.92 Å². The minimum atomic E-state index is 0.0718. The molecular weight excluding hydrogens is 350 g/mol. The summed E-state index contributed by atoms with van der Waals surface area (Å²) in [5.74, 6) is 1.65. The largest absolute Gasteiger partial charge is 0.507 e. The molecule has 1 N–H and O–H groups in total. The molecule has 3 aromatic carbocycles. The number of rotatable bonds is 5. The van der Waals surface area contributed by atoms with Crippen LogP contribution in [0.1, 0.15) is 6.92 Å². The summed E-state index contributed by atoms with van der Waals surface area (Å²) in [6, 6.07) is 23.3. The quantitative estimate of drug-likeness (QED) is 0.537. The molecule has 0 fully saturated rings. The number of ether oxygens (including phenoxy) is 1. The lowest BCUT2D eigenvalue weighted by Crippen LogP contribution is -1.96. The van der Waals surface area contributed by atoms with Gasteiger partial charge in [-0.25, -0.2) is 15.0 Å². The maximum absolute atomic E-state index is 10.3. The van der Waals surface area contributed by atoms with Crippen LogP contribution < -0.4 is 4.74 Å². The molecule has 4 rings (SSSR count). The molecule has 0 radical (unpaired) electrons. The standard InChI is InChI=1S/C23H19N3O2/c1-2-28-19-12-13-20(21(27)14-19)23-25-15-24-22(26-23)18-10-8-17(9-11-18)16-6-4-3-5-7-16/h3-15,27H,2H2,1H3. The zero-order valence-electron chi connectivity index (χ0n) is 15.4. The first-order valence-corrected chi connectivity index (χ1v) is 9.05. The fourth-order valence-electron chi connectivity index (χ4n) is 2.96. The average Bonchev–Trinajstić information content (AvgIpc) is 2.75. The highest BCUT2D eigenvalue weighted by Crippen LogP contribution is 2.31. The van der Waals surface area contributed by atoms with Crippen LogP contribution >= 0.6 is 0 Å². The van der Waals surface area contributed by atoms with Crippen molar-refractivity contribution in [3.63, 3.8) is 0 Å². The monoisotopic (exact) mass is 369 g/mol. The van der Waals surface area contributed by atoms with Crippen LogP contribution in [0, 0.1) is 0 Å². The van der Waals surface area contributed by atoms with Crippen molar-refractivity contribution in [3.05, 3.63) is 79.1 Å². The summed E-state index contributed by atoms with van der Waals surface area (Å²) in [6.45, 7) is 2.43. The summed E-state index contributed by atoms with van der Waals surface area (Å²) in [7, 11) is 0. The number of phenols is 1. The van der Waals surface area contributed by atoms with Crippen LogP contribution in [0.25, 0.3) is 33.9 Å². The number of hydrogen-bond acceptors (Lipinski definition) is 5. The van der Waals surface area contributed by atoms with Crippen molar-refractivity contribution in [1.29, 1.82) is 0 Å². The van der Waals surface area contributed by atoms with Gasteiger partial charge in [-0.05, 0) is 30.2 Å². The molecule has 0 saturated heterocycles. The fourth-order valence-corrected chi connectivity index (χ4v) is 2.96. The summed E-state index contributed by atoms with van der Waals surface area (Å²) < 4.78 is 5.41. The Morgan fingerprint density at radius 3 is 2.18 bits per heavy atom. The Labute approximate surface area is 163 Å². The molecule has 0 spiro atoms. The fraction of sp³-hybridized carbons (Fsp3) is 0.0870. The summed E-state index contributed by atoms with van der Waals surface area (Å²) >= 11 is 0. The third-order valence-electron chi connectivity index (χ3n) is 4.34. The second kappa shape index (κ2) is 7.88. The van der Waals surface area contributed by atoms with Gasteiger partial charge in [-0.15, -0.1) is 0 Å². The Bertz CT molecular complexity index is 1080. The highest BCUT2D eigenvalue weighted by atomic mass is 16.5. The van der Waals surface area contributed by atoms with E-state index in [1.165, 1.54) is 6.33 Å². The minimum Gasteiger partial charge on any atom is -0.507 e. The third-order valence-corrected chi connectivity index (χ3v) is 4.34. The zero-order chi connectivity index (χ0) is 19.3. The van der Waals surface area contributed by atoms with Gasteiger partial charge in [0.2, 0.25) is 0 Å². The SMILES string of the molecule is CCOc1ccc(-c2ncnc(-c3ccc(-c4ccccc4)cc3)n2)c(O)c1. The van der Waals surface area contributed by atoms with Crippen LogP contribution in [0.2, 0.25) is 0 Å². The number of phenolic OH excluding ortho intramolecular Hbond substituents is 1. The third kappa shape index (κ3) is 3.69. The molecule has 28 heavy (non-hydrogen) atoms. The van der Waals surface area contributed by atoms with E-state index in [-0.39, 0.29) is 5.75 Å². The molecule has 0 bridgehead atoms. The number of hydrogen-bond donors (Lipinski definition) is 1. The van der Waals surface area contributed by atoms with E-state index >= 15 is 0 Å². The molecular formula is C23H19N3O2. The van der Waals surface area contributed by atoms with Crippen molar-refractivity contribution in [1.82, 2.24) is 15.0 Å². The predicted octanol–water partition coefficient (Wildman–Crippen LogP) is 4.98. The predicted molar refractivity (Wildman–Crippen MR) is 109 cm³/mol. The summed E-state index contributed by atoms with van der Waals surface area (Å²) in [4.78, 5) is 13.0. The maximum Gasteiger partial charge on any atom is 0.167 e. The van der Waals surface area contributed by atoms with Gasteiger partial charge in [0.05, 0.1) is 12.2 Å². The van der Waals surface area contributed by atoms with Gasteiger partial charge in [-0.2, -0.15) is 0 Å². The Kier molecular flexibility index (Phi) is 4.97. The van der Waals surface area contributed by atoms with E-state index in [4.69, 9.17) is 4.74 Å². The number of benzene rings is 3. The molecule has 1 heterocycles. The van der Waals surface area contributed by atoms with Gasteiger partial charge in [-0.3, -0.25) is 0 Å². The molecule has 0 aliphatic heterocycles. The second-order valence-corrected chi connectivity index (χ2v) is 6.19. The van der Waals surface area contributed by atoms with E-state index in [0.717, 1.165) is 16.7 Å². The van der Waals surface area contributed by atoms with Crippen LogP contribution in [0.4, 0.5) is 0 Å². The molecule has 0 unspecified atom stereocenters. The Morgan fingerprint density at radius 1 is 0.786 bits per heavy atom. The Morgan fingerprint density at radius 2 is 1.46 bits per heavy atom. The molecule has 5 heteroatoms. The van der Waals surface area contributed by atoms with E-state index in [1.54, 1.807) is 18.2 Å². The van der Waals surface area contributed by atoms with Gasteiger partial charge in [0.1, 0.15) is 17.8 Å². The average molecular weight is 369 g/mol. The van der Waals surface area contributed by atoms with Gasteiger partial charge in [0.25, 0.3) is 0 Å². The van der Waals surface area contributed by atoms with Crippen molar-refractivity contribution in [2.24, 2.45) is 0 Å². The Balaban J connectivity index is 1.64. The number of aromatic nitrogens is 3. The molecule has 1 aromatic heterocycles. The first kappa shape index (κ1) is 17.7. The van der Waals surface area contributed by atoms with E-state index in [2.05, 4.69) is 27.1 Å². The van der Waals surface area contributed by atoms with Crippen molar-refractivity contribution in [2.75, 3.05) is 6.61 Å². The molecule has 138 valence electrons. The Hall–Kier alpha value is -3.73. The van der Waals surface area contributed by atoms with Crippen LogP contribution in [-0.4, -0.2) is 26.7 Å². The van der Waals surface area contributed by atoms with Crippen LogP contribution in [0.3, 0.4) is 0 Å². The molecule has 5 nitrogen and oxygen atoms in total. The van der Waals surface area contributed by atoms with Crippen molar-refractivity contribution >= 4 is 0 Å². The van der Waals surface area contributed by atoms with E-state index in [0.29, 0.717) is 29.6 Å². The van der Waals surface area contributed by atoms with Crippen molar-refractivity contribution in [3.8, 4) is 45.4 Å². The van der Waals surface area contributed by atoms with Crippen LogP contribution in [0.5, 0.6) is 11.5 Å². The number of aromatic hydroxyl groups is 1. The molecule has 0 amide bonds. The van der Waals surface area contributed by atoms with E-state index < -0.39 is 0 Å². The van der Waals surface area contributed by atoms with Gasteiger partial charge in [0, 0.05) is 11.6 Å². The maximum atomic E-state index is 10.3. The lowest BCUT2D eigenvalue weighted by molar-refractivity contribution is 0.338. The van der Waals surface area contributed by atoms with E-state index in [1.807, 2.05) is 49.4 Å². The molecule has 0 atom stereocenters. The lowest BCUT2D eigenvalue weighted by Gasteiger charge is -2.08. The van der Waals surface area contributed by atoms with Gasteiger partial charge in [-0.1, -0.05) is 54.6 Å². The normalized spacial score (nSPS) is 10.6. The molecule has 0 saturated carbocycles. The van der Waals surface area contributed by atoms with Crippen molar-refractivity contribution < 1.29 is 9.84 Å². The van der Waals surface area contributed by atoms with Gasteiger partial charge in [0.15, 0.2) is 11.6 Å². The van der Waals surface area contributed by atoms with Crippen LogP contribution in [0.15, 0.2) is 79.1 Å². The zero-order valence-corrected chi connectivity index (χ0v) is 15.4. The number of nitrogens with zero attached hydrogens (tertiary/aromatic N) is 3.